The van der Waals surface area contributed by atoms with Gasteiger partial charge in [-0.2, -0.15) is 0 Å². The number of carbonyl (C=O) groups is 1. The molecular weight excluding hydrogens is 367 g/mol. The number of benzene rings is 1. The summed E-state index contributed by atoms with van der Waals surface area (Å²) >= 11 is 3.21. The van der Waals surface area contributed by atoms with Crippen LogP contribution in [0.5, 0.6) is 11.6 Å². The van der Waals surface area contributed by atoms with Gasteiger partial charge in [0.15, 0.2) is 0 Å². The summed E-state index contributed by atoms with van der Waals surface area (Å²) < 4.78 is 19.2. The number of hydrogen-bond donors (Lipinski definition) is 1. The average Bonchev–Trinajstić information content (AvgIpc) is 2.55. The predicted octanol–water partition coefficient (Wildman–Crippen LogP) is 3.23. The molecule has 23 heavy (non-hydrogen) atoms. The highest BCUT2D eigenvalue weighted by molar-refractivity contribution is 9.10. The largest absolute Gasteiger partial charge is 0.437 e. The highest BCUT2D eigenvalue weighted by atomic mass is 79.9. The Bertz CT molecular complexity index is 697. The molecule has 5 nitrogen and oxygen atoms in total. The minimum atomic E-state index is -0.401. The van der Waals surface area contributed by atoms with E-state index in [1.54, 1.807) is 12.1 Å². The van der Waals surface area contributed by atoms with Gasteiger partial charge >= 0.3 is 0 Å². The van der Waals surface area contributed by atoms with Gasteiger partial charge in [0.05, 0.1) is 11.1 Å². The molecule has 0 aliphatic heterocycles. The Kier molecular flexibility index (Phi) is 6.06. The van der Waals surface area contributed by atoms with E-state index >= 15 is 0 Å². The van der Waals surface area contributed by atoms with Crippen LogP contribution in [0, 0.1) is 5.82 Å². The fourth-order valence-electron chi connectivity index (χ4n) is 1.99. The molecule has 0 bridgehead atoms. The van der Waals surface area contributed by atoms with Gasteiger partial charge in [0, 0.05) is 19.3 Å². The summed E-state index contributed by atoms with van der Waals surface area (Å²) in [6.07, 6.45) is 1.51. The van der Waals surface area contributed by atoms with Crippen molar-refractivity contribution in [1.29, 1.82) is 0 Å². The van der Waals surface area contributed by atoms with Crippen molar-refractivity contribution in [2.45, 2.75) is 6.92 Å². The van der Waals surface area contributed by atoms with Crippen molar-refractivity contribution in [3.8, 4) is 11.6 Å². The quantitative estimate of drug-likeness (QED) is 0.832. The van der Waals surface area contributed by atoms with Crippen LogP contribution in [0.2, 0.25) is 0 Å². The zero-order chi connectivity index (χ0) is 16.8. The van der Waals surface area contributed by atoms with Gasteiger partial charge in [0.25, 0.3) is 5.91 Å². The highest BCUT2D eigenvalue weighted by Crippen LogP contribution is 2.31. The van der Waals surface area contributed by atoms with Crippen LogP contribution in [0.3, 0.4) is 0 Å². The van der Waals surface area contributed by atoms with E-state index < -0.39 is 5.82 Å². The Morgan fingerprint density at radius 2 is 2.22 bits per heavy atom. The first-order chi connectivity index (χ1) is 11.1. The van der Waals surface area contributed by atoms with Crippen molar-refractivity contribution < 1.29 is 19.0 Å². The van der Waals surface area contributed by atoms with Gasteiger partial charge in [-0.25, -0.2) is 9.37 Å². The zero-order valence-corrected chi connectivity index (χ0v) is 14.1. The van der Waals surface area contributed by atoms with Gasteiger partial charge in [0.1, 0.15) is 17.1 Å². The molecule has 0 saturated carbocycles. The fourth-order valence-corrected chi connectivity index (χ4v) is 2.42. The maximum absolute atomic E-state index is 13.1. The van der Waals surface area contributed by atoms with Crippen LogP contribution in [0.1, 0.15) is 17.3 Å². The first kappa shape index (κ1) is 17.4. The van der Waals surface area contributed by atoms with E-state index in [9.17, 15) is 9.18 Å². The van der Waals surface area contributed by atoms with Gasteiger partial charge in [0.2, 0.25) is 5.88 Å². The molecule has 1 aromatic heterocycles. The molecule has 122 valence electrons. The first-order valence-electron chi connectivity index (χ1n) is 7.04. The second kappa shape index (κ2) is 8.03. The van der Waals surface area contributed by atoms with Crippen LogP contribution in [0.25, 0.3) is 0 Å². The fraction of sp³-hybridized carbons (Fsp3) is 0.250. The molecule has 0 spiro atoms. The van der Waals surface area contributed by atoms with Crippen molar-refractivity contribution in [3.63, 3.8) is 0 Å². The minimum Gasteiger partial charge on any atom is -0.437 e. The Labute approximate surface area is 141 Å². The molecule has 0 fully saturated rings. The molecule has 1 amide bonds. The predicted molar refractivity (Wildman–Crippen MR) is 87.1 cm³/mol. The lowest BCUT2D eigenvalue weighted by molar-refractivity contribution is 0.0728. The number of aliphatic hydroxyl groups excluding tert-OH is 1. The Balaban J connectivity index is 2.32. The molecule has 0 saturated heterocycles. The van der Waals surface area contributed by atoms with Crippen molar-refractivity contribution in [1.82, 2.24) is 9.88 Å². The average molecular weight is 383 g/mol. The molecule has 0 radical (unpaired) electrons. The van der Waals surface area contributed by atoms with Crippen molar-refractivity contribution in [2.24, 2.45) is 0 Å². The molecule has 2 rings (SSSR count). The summed E-state index contributed by atoms with van der Waals surface area (Å²) in [6, 6.07) is 7.21. The number of pyridine rings is 1. The summed E-state index contributed by atoms with van der Waals surface area (Å²) in [5.74, 6) is -0.213. The first-order valence-corrected chi connectivity index (χ1v) is 7.84. The maximum Gasteiger partial charge on any atom is 0.259 e. The van der Waals surface area contributed by atoms with Gasteiger partial charge in [-0.15, -0.1) is 0 Å². The third kappa shape index (κ3) is 4.27. The number of hydrogen-bond acceptors (Lipinski definition) is 4. The summed E-state index contributed by atoms with van der Waals surface area (Å²) in [7, 11) is 0. The lowest BCUT2D eigenvalue weighted by atomic mass is 10.2. The number of rotatable bonds is 6. The van der Waals surface area contributed by atoms with Crippen LogP contribution in [0.4, 0.5) is 4.39 Å². The molecule has 1 aromatic carbocycles. The third-order valence-corrected chi connectivity index (χ3v) is 3.76. The third-order valence-electron chi connectivity index (χ3n) is 3.14. The summed E-state index contributed by atoms with van der Waals surface area (Å²) in [6.45, 7) is 2.37. The van der Waals surface area contributed by atoms with Crippen molar-refractivity contribution in [2.75, 3.05) is 19.7 Å². The Morgan fingerprint density at radius 3 is 2.87 bits per heavy atom. The molecule has 7 heteroatoms. The number of carbonyl (C=O) groups excluding carboxylic acids is 1. The van der Waals surface area contributed by atoms with Crippen LogP contribution < -0.4 is 4.74 Å². The normalized spacial score (nSPS) is 10.4. The molecule has 0 aliphatic carbocycles. The molecule has 1 N–H and O–H groups in total. The number of ether oxygens (including phenoxy) is 1. The smallest absolute Gasteiger partial charge is 0.259 e. The van der Waals surface area contributed by atoms with Crippen LogP contribution in [-0.4, -0.2) is 40.6 Å². The molecule has 0 atom stereocenters. The van der Waals surface area contributed by atoms with Crippen molar-refractivity contribution >= 4 is 21.8 Å². The molecule has 2 aromatic rings. The van der Waals surface area contributed by atoms with E-state index in [4.69, 9.17) is 9.84 Å². The topological polar surface area (TPSA) is 62.7 Å². The SMILES string of the molecule is CCN(CCO)C(=O)c1cccnc1Oc1ccc(F)cc1Br. The number of amides is 1. The second-order valence-corrected chi connectivity index (χ2v) is 5.50. The van der Waals surface area contributed by atoms with E-state index in [0.717, 1.165) is 0 Å². The van der Waals surface area contributed by atoms with Crippen LogP contribution >= 0.6 is 15.9 Å². The molecule has 0 aliphatic rings. The van der Waals surface area contributed by atoms with Crippen molar-refractivity contribution in [3.05, 3.63) is 52.4 Å². The van der Waals surface area contributed by atoms with Gasteiger partial charge in [-0.05, 0) is 53.2 Å². The Hall–Kier alpha value is -1.99. The number of aliphatic hydroxyl groups is 1. The van der Waals surface area contributed by atoms with Gasteiger partial charge in [-0.3, -0.25) is 4.79 Å². The van der Waals surface area contributed by atoms with Gasteiger partial charge in [-0.1, -0.05) is 0 Å². The van der Waals surface area contributed by atoms with Gasteiger partial charge < -0.3 is 14.7 Å². The molecular formula is C16H16BrFN2O3. The monoisotopic (exact) mass is 382 g/mol. The second-order valence-electron chi connectivity index (χ2n) is 4.64. The van der Waals surface area contributed by atoms with E-state index in [1.807, 2.05) is 6.92 Å². The van der Waals surface area contributed by atoms with E-state index in [-0.39, 0.29) is 30.5 Å². The molecule has 0 unspecified atom stereocenters. The summed E-state index contributed by atoms with van der Waals surface area (Å²) in [4.78, 5) is 18.1. The Morgan fingerprint density at radius 1 is 1.43 bits per heavy atom. The van der Waals surface area contributed by atoms with E-state index in [0.29, 0.717) is 16.8 Å². The van der Waals surface area contributed by atoms with Crippen LogP contribution in [0.15, 0.2) is 41.0 Å². The maximum atomic E-state index is 13.1. The standard InChI is InChI=1S/C16H16BrFN2O3/c1-2-20(8-9-21)16(22)12-4-3-7-19-15(12)23-14-6-5-11(18)10-13(14)17/h3-7,10,21H,2,8-9H2,1H3. The lowest BCUT2D eigenvalue weighted by Crippen LogP contribution is -2.33. The summed E-state index contributed by atoms with van der Waals surface area (Å²) in [5.41, 5.74) is 0.277. The number of aromatic nitrogens is 1. The number of likely N-dealkylation sites (N-methyl/N-ethyl adjacent to an activating group) is 1. The van der Waals surface area contributed by atoms with E-state index in [2.05, 4.69) is 20.9 Å². The minimum absolute atomic E-state index is 0.125. The number of nitrogens with zero attached hydrogens (tertiary/aromatic N) is 2. The highest BCUT2D eigenvalue weighted by Gasteiger charge is 2.20. The molecule has 1 heterocycles. The van der Waals surface area contributed by atoms with E-state index in [1.165, 1.54) is 29.3 Å². The summed E-state index contributed by atoms with van der Waals surface area (Å²) in [5, 5.41) is 9.05. The number of halogens is 2. The zero-order valence-electron chi connectivity index (χ0n) is 12.5. The van der Waals surface area contributed by atoms with Crippen LogP contribution in [-0.2, 0) is 0 Å². The lowest BCUT2D eigenvalue weighted by Gasteiger charge is -2.20.